The van der Waals surface area contributed by atoms with Gasteiger partial charge in [0.05, 0.1) is 11.4 Å². The smallest absolute Gasteiger partial charge is 0.232 e. The van der Waals surface area contributed by atoms with Crippen molar-refractivity contribution in [2.45, 2.75) is 45.4 Å². The molecule has 1 fully saturated rings. The fourth-order valence-corrected chi connectivity index (χ4v) is 3.75. The maximum absolute atomic E-state index is 12.5. The molecule has 0 saturated carbocycles. The van der Waals surface area contributed by atoms with Crippen LogP contribution in [0.2, 0.25) is 0 Å². The summed E-state index contributed by atoms with van der Waals surface area (Å²) in [6.07, 6.45) is 2.08. The van der Waals surface area contributed by atoms with Crippen molar-refractivity contribution in [2.75, 3.05) is 25.4 Å². The number of hydrogen-bond donors (Lipinski definition) is 1. The van der Waals surface area contributed by atoms with Gasteiger partial charge in [-0.25, -0.2) is 0 Å². The van der Waals surface area contributed by atoms with Gasteiger partial charge in [0.15, 0.2) is 0 Å². The number of carbonyl (C=O) groups excluding carboxylic acids is 1. The number of nitrogens with zero attached hydrogens (tertiary/aromatic N) is 2. The molecule has 0 bridgehead atoms. The van der Waals surface area contributed by atoms with Gasteiger partial charge in [0, 0.05) is 30.4 Å². The first-order valence-electron chi connectivity index (χ1n) is 7.63. The largest absolute Gasteiger partial charge is 0.361 e. The van der Waals surface area contributed by atoms with Crippen LogP contribution in [0, 0.1) is 13.8 Å². The maximum atomic E-state index is 12.5. The van der Waals surface area contributed by atoms with Crippen LogP contribution in [0.25, 0.3) is 0 Å². The molecule has 1 amide bonds. The molecule has 2 rings (SSSR count). The summed E-state index contributed by atoms with van der Waals surface area (Å²) >= 11 is 1.65. The van der Waals surface area contributed by atoms with Crippen molar-refractivity contribution in [3.05, 3.63) is 17.0 Å². The molecule has 2 heterocycles. The summed E-state index contributed by atoms with van der Waals surface area (Å²) in [6.45, 7) is 8.80. The minimum Gasteiger partial charge on any atom is -0.361 e. The van der Waals surface area contributed by atoms with Gasteiger partial charge in [0.1, 0.15) is 5.76 Å². The van der Waals surface area contributed by atoms with E-state index >= 15 is 0 Å². The standard InChI is InChI=1S/C15H25N3O2S/c1-4-7-18(13-5-6-16-8-13)15(19)10-21-9-14-11(2)17-20-12(14)3/h13,16H,4-10H2,1-3H3. The van der Waals surface area contributed by atoms with E-state index in [9.17, 15) is 4.79 Å². The molecule has 1 aromatic heterocycles. The quantitative estimate of drug-likeness (QED) is 0.836. The second-order valence-corrected chi connectivity index (χ2v) is 6.51. The van der Waals surface area contributed by atoms with Gasteiger partial charge >= 0.3 is 0 Å². The Bertz CT molecular complexity index is 450. The average molecular weight is 311 g/mol. The second-order valence-electron chi connectivity index (χ2n) is 5.53. The van der Waals surface area contributed by atoms with Crippen LogP contribution in [0.4, 0.5) is 0 Å². The van der Waals surface area contributed by atoms with Crippen LogP contribution in [-0.2, 0) is 10.5 Å². The van der Waals surface area contributed by atoms with Crippen LogP contribution >= 0.6 is 11.8 Å². The molecular formula is C15H25N3O2S. The van der Waals surface area contributed by atoms with Crippen LogP contribution in [0.15, 0.2) is 4.52 Å². The summed E-state index contributed by atoms with van der Waals surface area (Å²) in [6, 6.07) is 0.372. The predicted molar refractivity (Wildman–Crippen MR) is 85.4 cm³/mol. The monoisotopic (exact) mass is 311 g/mol. The Morgan fingerprint density at radius 1 is 1.52 bits per heavy atom. The van der Waals surface area contributed by atoms with E-state index in [0.717, 1.165) is 55.2 Å². The summed E-state index contributed by atoms with van der Waals surface area (Å²) in [5.41, 5.74) is 2.05. The molecule has 21 heavy (non-hydrogen) atoms. The molecule has 118 valence electrons. The van der Waals surface area contributed by atoms with E-state index in [2.05, 4.69) is 22.3 Å². The normalized spacial score (nSPS) is 18.1. The fourth-order valence-electron chi connectivity index (χ4n) is 2.69. The first-order chi connectivity index (χ1) is 10.1. The summed E-state index contributed by atoms with van der Waals surface area (Å²) in [7, 11) is 0. The van der Waals surface area contributed by atoms with Crippen molar-refractivity contribution >= 4 is 17.7 Å². The molecule has 1 aliphatic rings. The number of aryl methyl sites for hydroxylation is 2. The molecule has 1 N–H and O–H groups in total. The Morgan fingerprint density at radius 2 is 2.33 bits per heavy atom. The third-order valence-electron chi connectivity index (χ3n) is 3.91. The van der Waals surface area contributed by atoms with Crippen molar-refractivity contribution < 1.29 is 9.32 Å². The molecule has 1 unspecified atom stereocenters. The lowest BCUT2D eigenvalue weighted by Gasteiger charge is -2.28. The van der Waals surface area contributed by atoms with Crippen LogP contribution in [0.3, 0.4) is 0 Å². The van der Waals surface area contributed by atoms with Crippen molar-refractivity contribution in [2.24, 2.45) is 0 Å². The van der Waals surface area contributed by atoms with E-state index in [0.29, 0.717) is 11.8 Å². The van der Waals surface area contributed by atoms with Gasteiger partial charge < -0.3 is 14.7 Å². The summed E-state index contributed by atoms with van der Waals surface area (Å²) in [5, 5.41) is 7.29. The number of thioether (sulfide) groups is 1. The van der Waals surface area contributed by atoms with Crippen LogP contribution in [-0.4, -0.2) is 47.4 Å². The van der Waals surface area contributed by atoms with Crippen molar-refractivity contribution in [3.8, 4) is 0 Å². The third-order valence-corrected chi connectivity index (χ3v) is 4.86. The van der Waals surface area contributed by atoms with Gasteiger partial charge in [-0.1, -0.05) is 12.1 Å². The number of carbonyl (C=O) groups is 1. The van der Waals surface area contributed by atoms with Gasteiger partial charge in [0.2, 0.25) is 5.91 Å². The zero-order valence-electron chi connectivity index (χ0n) is 13.1. The number of hydrogen-bond acceptors (Lipinski definition) is 5. The first-order valence-corrected chi connectivity index (χ1v) is 8.78. The van der Waals surface area contributed by atoms with E-state index in [1.807, 2.05) is 13.8 Å². The topological polar surface area (TPSA) is 58.4 Å². The molecule has 6 heteroatoms. The molecule has 0 aromatic carbocycles. The zero-order chi connectivity index (χ0) is 15.2. The first kappa shape index (κ1) is 16.4. The third kappa shape index (κ3) is 4.23. The summed E-state index contributed by atoms with van der Waals surface area (Å²) in [5.74, 6) is 2.43. The van der Waals surface area contributed by atoms with E-state index in [-0.39, 0.29) is 5.91 Å². The Morgan fingerprint density at radius 3 is 2.90 bits per heavy atom. The lowest BCUT2D eigenvalue weighted by Crippen LogP contribution is -2.43. The second kappa shape index (κ2) is 7.84. The van der Waals surface area contributed by atoms with E-state index in [4.69, 9.17) is 4.52 Å². The average Bonchev–Trinajstić information content (AvgIpc) is 3.09. The molecule has 5 nitrogen and oxygen atoms in total. The van der Waals surface area contributed by atoms with Crippen molar-refractivity contribution in [1.82, 2.24) is 15.4 Å². The van der Waals surface area contributed by atoms with Gasteiger partial charge in [-0.15, -0.1) is 11.8 Å². The molecule has 1 aliphatic heterocycles. The molecule has 1 atom stereocenters. The molecular weight excluding hydrogens is 286 g/mol. The molecule has 1 aromatic rings. The Labute approximate surface area is 130 Å². The van der Waals surface area contributed by atoms with Crippen LogP contribution in [0.1, 0.15) is 36.8 Å². The minimum atomic E-state index is 0.252. The fraction of sp³-hybridized carbons (Fsp3) is 0.733. The van der Waals surface area contributed by atoms with Gasteiger partial charge in [-0.3, -0.25) is 4.79 Å². The number of aromatic nitrogens is 1. The molecule has 0 aliphatic carbocycles. The molecule has 1 saturated heterocycles. The highest BCUT2D eigenvalue weighted by Gasteiger charge is 2.25. The van der Waals surface area contributed by atoms with Gasteiger partial charge in [-0.05, 0) is 33.2 Å². The van der Waals surface area contributed by atoms with Crippen LogP contribution < -0.4 is 5.32 Å². The number of amides is 1. The Hall–Kier alpha value is -1.01. The van der Waals surface area contributed by atoms with Gasteiger partial charge in [-0.2, -0.15) is 0 Å². The molecule has 0 spiro atoms. The highest BCUT2D eigenvalue weighted by molar-refractivity contribution is 7.99. The Balaban J connectivity index is 1.84. The summed E-state index contributed by atoms with van der Waals surface area (Å²) < 4.78 is 5.15. The SMILES string of the molecule is CCCN(C(=O)CSCc1c(C)noc1C)C1CCNC1. The maximum Gasteiger partial charge on any atom is 0.232 e. The molecule has 0 radical (unpaired) electrons. The van der Waals surface area contributed by atoms with E-state index in [1.165, 1.54) is 0 Å². The van der Waals surface area contributed by atoms with Crippen molar-refractivity contribution in [1.29, 1.82) is 0 Å². The summed E-state index contributed by atoms with van der Waals surface area (Å²) in [4.78, 5) is 14.5. The highest BCUT2D eigenvalue weighted by atomic mass is 32.2. The minimum absolute atomic E-state index is 0.252. The predicted octanol–water partition coefficient (Wildman–Crippen LogP) is 2.13. The number of rotatable bonds is 7. The highest BCUT2D eigenvalue weighted by Crippen LogP contribution is 2.20. The lowest BCUT2D eigenvalue weighted by atomic mass is 10.2. The Kier molecular flexibility index (Phi) is 6.11. The zero-order valence-corrected chi connectivity index (χ0v) is 14.0. The lowest BCUT2D eigenvalue weighted by molar-refractivity contribution is -0.130. The van der Waals surface area contributed by atoms with Crippen LogP contribution in [0.5, 0.6) is 0 Å². The number of nitrogens with one attached hydrogen (secondary N) is 1. The van der Waals surface area contributed by atoms with E-state index in [1.54, 1.807) is 11.8 Å². The van der Waals surface area contributed by atoms with E-state index < -0.39 is 0 Å². The van der Waals surface area contributed by atoms with Crippen molar-refractivity contribution in [3.63, 3.8) is 0 Å². The van der Waals surface area contributed by atoms with Gasteiger partial charge in [0.25, 0.3) is 0 Å².